The Morgan fingerprint density at radius 2 is 1.70 bits per heavy atom. The lowest BCUT2D eigenvalue weighted by atomic mass is 10.1. The van der Waals surface area contributed by atoms with E-state index >= 15 is 0 Å². The molecule has 5 nitrogen and oxygen atoms in total. The van der Waals surface area contributed by atoms with E-state index in [1.54, 1.807) is 19.2 Å². The van der Waals surface area contributed by atoms with Crippen LogP contribution in [0.15, 0.2) is 48.5 Å². The van der Waals surface area contributed by atoms with E-state index in [0.29, 0.717) is 18.7 Å². The molecule has 1 unspecified atom stereocenters. The normalized spacial score (nSPS) is 11.7. The highest BCUT2D eigenvalue weighted by Gasteiger charge is 2.05. The average Bonchev–Trinajstić information content (AvgIpc) is 2.56. The Bertz CT molecular complexity index is 622. The number of benzene rings is 2. The predicted molar refractivity (Wildman–Crippen MR) is 88.2 cm³/mol. The number of carbonyl (C=O) groups is 1. The first kappa shape index (κ1) is 16.8. The van der Waals surface area contributed by atoms with Crippen molar-refractivity contribution in [2.75, 3.05) is 13.7 Å². The highest BCUT2D eigenvalue weighted by atomic mass is 16.5. The van der Waals surface area contributed by atoms with Crippen LogP contribution >= 0.6 is 0 Å². The number of methoxy groups -OCH3 is 1. The van der Waals surface area contributed by atoms with Crippen LogP contribution < -0.4 is 14.8 Å². The maximum Gasteiger partial charge on any atom is 0.335 e. The number of carboxylic acid groups (broad SMARTS) is 1. The van der Waals surface area contributed by atoms with Gasteiger partial charge < -0.3 is 19.9 Å². The minimum Gasteiger partial charge on any atom is -0.497 e. The summed E-state index contributed by atoms with van der Waals surface area (Å²) in [5, 5.41) is 12.2. The second-order valence-electron chi connectivity index (χ2n) is 5.24. The van der Waals surface area contributed by atoms with E-state index < -0.39 is 5.97 Å². The van der Waals surface area contributed by atoms with Crippen LogP contribution in [0.3, 0.4) is 0 Å². The molecular formula is C18H21NO4. The molecule has 0 heterocycles. The summed E-state index contributed by atoms with van der Waals surface area (Å²) in [6, 6.07) is 14.3. The summed E-state index contributed by atoms with van der Waals surface area (Å²) in [5.41, 5.74) is 1.33. The van der Waals surface area contributed by atoms with Crippen molar-refractivity contribution < 1.29 is 19.4 Å². The number of ether oxygens (including phenoxy) is 2. The van der Waals surface area contributed by atoms with Crippen molar-refractivity contribution in [3.63, 3.8) is 0 Å². The average molecular weight is 315 g/mol. The van der Waals surface area contributed by atoms with Crippen molar-refractivity contribution in [2.24, 2.45) is 0 Å². The molecule has 0 spiro atoms. The number of rotatable bonds is 8. The summed E-state index contributed by atoms with van der Waals surface area (Å²) < 4.78 is 10.9. The molecule has 0 amide bonds. The van der Waals surface area contributed by atoms with Gasteiger partial charge in [0.15, 0.2) is 0 Å². The lowest BCUT2D eigenvalue weighted by Crippen LogP contribution is -2.28. The van der Waals surface area contributed by atoms with Crippen LogP contribution in [0.2, 0.25) is 0 Å². The van der Waals surface area contributed by atoms with E-state index in [0.717, 1.165) is 17.1 Å². The molecule has 23 heavy (non-hydrogen) atoms. The van der Waals surface area contributed by atoms with Gasteiger partial charge in [-0.3, -0.25) is 0 Å². The lowest BCUT2D eigenvalue weighted by Gasteiger charge is -2.16. The summed E-state index contributed by atoms with van der Waals surface area (Å²) in [5.74, 6) is 0.685. The Labute approximate surface area is 135 Å². The number of hydrogen-bond donors (Lipinski definition) is 2. The van der Waals surface area contributed by atoms with Crippen molar-refractivity contribution in [2.45, 2.75) is 19.6 Å². The Balaban J connectivity index is 1.75. The van der Waals surface area contributed by atoms with Gasteiger partial charge in [-0.25, -0.2) is 4.79 Å². The molecule has 5 heteroatoms. The zero-order valence-electron chi connectivity index (χ0n) is 13.3. The van der Waals surface area contributed by atoms with Gasteiger partial charge in [-0.2, -0.15) is 0 Å². The number of hydrogen-bond acceptors (Lipinski definition) is 4. The summed E-state index contributed by atoms with van der Waals surface area (Å²) in [6.07, 6.45) is 0.0155. The van der Waals surface area contributed by atoms with Crippen LogP contribution in [-0.4, -0.2) is 30.8 Å². The molecule has 0 radical (unpaired) electrons. The highest BCUT2D eigenvalue weighted by Crippen LogP contribution is 2.18. The van der Waals surface area contributed by atoms with Gasteiger partial charge in [0, 0.05) is 13.1 Å². The Kier molecular flexibility index (Phi) is 6.00. The van der Waals surface area contributed by atoms with Crippen molar-refractivity contribution in [3.05, 3.63) is 59.7 Å². The molecule has 0 bridgehead atoms. The first-order valence-corrected chi connectivity index (χ1v) is 7.42. The zero-order valence-corrected chi connectivity index (χ0v) is 13.3. The first-order valence-electron chi connectivity index (χ1n) is 7.42. The maximum absolute atomic E-state index is 10.8. The molecular weight excluding hydrogens is 294 g/mol. The number of nitrogens with one attached hydrogen (secondary N) is 1. The van der Waals surface area contributed by atoms with E-state index in [1.165, 1.54) is 0 Å². The van der Waals surface area contributed by atoms with Crippen LogP contribution in [0.5, 0.6) is 11.5 Å². The third-order valence-corrected chi connectivity index (χ3v) is 3.36. The molecule has 0 aliphatic carbocycles. The van der Waals surface area contributed by atoms with Crippen LogP contribution in [0.25, 0.3) is 0 Å². The largest absolute Gasteiger partial charge is 0.497 e. The van der Waals surface area contributed by atoms with Gasteiger partial charge in [0.2, 0.25) is 0 Å². The molecule has 0 aromatic heterocycles. The Morgan fingerprint density at radius 1 is 1.09 bits per heavy atom. The molecule has 0 aliphatic heterocycles. The van der Waals surface area contributed by atoms with Crippen LogP contribution in [-0.2, 0) is 6.54 Å². The monoisotopic (exact) mass is 315 g/mol. The van der Waals surface area contributed by atoms with Crippen molar-refractivity contribution in [1.29, 1.82) is 0 Å². The SMILES string of the molecule is COc1ccc(OC(C)CNCc2ccc(C(=O)O)cc2)cc1. The van der Waals surface area contributed by atoms with Crippen LogP contribution in [0, 0.1) is 0 Å². The summed E-state index contributed by atoms with van der Waals surface area (Å²) >= 11 is 0. The minimum atomic E-state index is -0.911. The van der Waals surface area contributed by atoms with E-state index in [9.17, 15) is 4.79 Å². The van der Waals surface area contributed by atoms with Gasteiger partial charge in [-0.1, -0.05) is 12.1 Å². The van der Waals surface area contributed by atoms with Gasteiger partial charge in [0.05, 0.1) is 12.7 Å². The number of carboxylic acids is 1. The second-order valence-corrected chi connectivity index (χ2v) is 5.24. The summed E-state index contributed by atoms with van der Waals surface area (Å²) in [4.78, 5) is 10.8. The fourth-order valence-corrected chi connectivity index (χ4v) is 2.11. The van der Waals surface area contributed by atoms with E-state index in [-0.39, 0.29) is 6.10 Å². The third kappa shape index (κ3) is 5.30. The van der Waals surface area contributed by atoms with Gasteiger partial charge in [-0.15, -0.1) is 0 Å². The topological polar surface area (TPSA) is 67.8 Å². The molecule has 0 aliphatic rings. The summed E-state index contributed by atoms with van der Waals surface area (Å²) in [7, 11) is 1.63. The molecule has 0 fully saturated rings. The molecule has 2 rings (SSSR count). The van der Waals surface area contributed by atoms with E-state index in [2.05, 4.69) is 5.32 Å². The standard InChI is InChI=1S/C18H21NO4/c1-13(23-17-9-7-16(22-2)8-10-17)11-19-12-14-3-5-15(6-4-14)18(20)21/h3-10,13,19H,11-12H2,1-2H3,(H,20,21). The zero-order chi connectivity index (χ0) is 16.7. The van der Waals surface area contributed by atoms with Gasteiger partial charge in [0.1, 0.15) is 17.6 Å². The molecule has 1 atom stereocenters. The van der Waals surface area contributed by atoms with E-state index in [1.807, 2.05) is 43.3 Å². The quantitative estimate of drug-likeness (QED) is 0.784. The maximum atomic E-state index is 10.8. The predicted octanol–water partition coefficient (Wildman–Crippen LogP) is 2.95. The van der Waals surface area contributed by atoms with Gasteiger partial charge in [-0.05, 0) is 48.9 Å². The fraction of sp³-hybridized carbons (Fsp3) is 0.278. The Morgan fingerprint density at radius 3 is 2.26 bits per heavy atom. The van der Waals surface area contributed by atoms with Crippen molar-refractivity contribution in [1.82, 2.24) is 5.32 Å². The van der Waals surface area contributed by atoms with Gasteiger partial charge in [0.25, 0.3) is 0 Å². The fourth-order valence-electron chi connectivity index (χ4n) is 2.11. The molecule has 0 saturated carbocycles. The van der Waals surface area contributed by atoms with E-state index in [4.69, 9.17) is 14.6 Å². The smallest absolute Gasteiger partial charge is 0.335 e. The lowest BCUT2D eigenvalue weighted by molar-refractivity contribution is 0.0697. The first-order chi connectivity index (χ1) is 11.1. The molecule has 2 aromatic carbocycles. The third-order valence-electron chi connectivity index (χ3n) is 3.36. The highest BCUT2D eigenvalue weighted by molar-refractivity contribution is 5.87. The minimum absolute atomic E-state index is 0.0155. The second kappa shape index (κ2) is 8.19. The molecule has 2 N–H and O–H groups in total. The van der Waals surface area contributed by atoms with Crippen LogP contribution in [0.4, 0.5) is 0 Å². The Hall–Kier alpha value is -2.53. The summed E-state index contributed by atoms with van der Waals surface area (Å²) in [6.45, 7) is 3.34. The molecule has 0 saturated heterocycles. The molecule has 2 aromatic rings. The van der Waals surface area contributed by atoms with Gasteiger partial charge >= 0.3 is 5.97 Å². The molecule has 122 valence electrons. The van der Waals surface area contributed by atoms with Crippen molar-refractivity contribution in [3.8, 4) is 11.5 Å². The van der Waals surface area contributed by atoms with Crippen LogP contribution in [0.1, 0.15) is 22.8 Å². The number of aromatic carboxylic acids is 1. The van der Waals surface area contributed by atoms with Crippen molar-refractivity contribution >= 4 is 5.97 Å².